The van der Waals surface area contributed by atoms with Crippen LogP contribution in [0.15, 0.2) is 6.07 Å². The quantitative estimate of drug-likeness (QED) is 0.605. The van der Waals surface area contributed by atoms with E-state index < -0.39 is 0 Å². The van der Waals surface area contributed by atoms with Crippen LogP contribution < -0.4 is 0 Å². The van der Waals surface area contributed by atoms with Crippen LogP contribution in [0.2, 0.25) is 0 Å². The van der Waals surface area contributed by atoms with Crippen LogP contribution in [0.25, 0.3) is 0 Å². The van der Waals surface area contributed by atoms with Gasteiger partial charge in [-0.15, -0.1) is 17.8 Å². The van der Waals surface area contributed by atoms with Crippen LogP contribution in [0.4, 0.5) is 0 Å². The Morgan fingerprint density at radius 2 is 2.22 bits per heavy atom. The molecule has 0 saturated heterocycles. The maximum Gasteiger partial charge on any atom is 0.264 e. The zero-order valence-electron chi connectivity index (χ0n) is 10.9. The average Bonchev–Trinajstić information content (AvgIpc) is 2.66. The van der Waals surface area contributed by atoms with E-state index in [1.165, 1.54) is 29.7 Å². The number of fused-ring (bicyclic) bond motifs is 1. The van der Waals surface area contributed by atoms with Crippen molar-refractivity contribution in [3.8, 4) is 12.3 Å². The van der Waals surface area contributed by atoms with Crippen molar-refractivity contribution in [3.63, 3.8) is 0 Å². The van der Waals surface area contributed by atoms with E-state index in [4.69, 9.17) is 6.42 Å². The Hall–Kier alpha value is -1.27. The van der Waals surface area contributed by atoms with Crippen LogP contribution in [-0.4, -0.2) is 23.9 Å². The molecule has 1 aromatic rings. The van der Waals surface area contributed by atoms with E-state index in [2.05, 4.69) is 12.0 Å². The molecule has 0 atom stereocenters. The lowest BCUT2D eigenvalue weighted by Gasteiger charge is -2.16. The fourth-order valence-corrected chi connectivity index (χ4v) is 3.59. The molecular formula is C15H19NOS. The molecule has 1 amide bonds. The number of rotatable bonds is 3. The molecule has 0 radical (unpaired) electrons. The number of aryl methyl sites for hydroxylation is 2. The summed E-state index contributed by atoms with van der Waals surface area (Å²) < 4.78 is 0. The Morgan fingerprint density at radius 1 is 1.44 bits per heavy atom. The second kappa shape index (κ2) is 6.06. The van der Waals surface area contributed by atoms with E-state index in [0.717, 1.165) is 17.7 Å². The highest BCUT2D eigenvalue weighted by Gasteiger charge is 2.19. The Balaban J connectivity index is 2.19. The van der Waals surface area contributed by atoms with Gasteiger partial charge < -0.3 is 4.90 Å². The van der Waals surface area contributed by atoms with Gasteiger partial charge in [-0.1, -0.05) is 12.3 Å². The van der Waals surface area contributed by atoms with Crippen LogP contribution in [0, 0.1) is 12.3 Å². The molecule has 18 heavy (non-hydrogen) atoms. The van der Waals surface area contributed by atoms with Crippen LogP contribution in [0.3, 0.4) is 0 Å². The summed E-state index contributed by atoms with van der Waals surface area (Å²) in [4.78, 5) is 16.3. The summed E-state index contributed by atoms with van der Waals surface area (Å²) in [7, 11) is 0. The van der Waals surface area contributed by atoms with Crippen molar-refractivity contribution in [1.29, 1.82) is 0 Å². The summed E-state index contributed by atoms with van der Waals surface area (Å²) in [5.41, 5.74) is 1.39. The van der Waals surface area contributed by atoms with E-state index in [9.17, 15) is 4.79 Å². The van der Waals surface area contributed by atoms with Crippen molar-refractivity contribution in [2.24, 2.45) is 0 Å². The van der Waals surface area contributed by atoms with Crippen LogP contribution >= 0.6 is 11.3 Å². The summed E-state index contributed by atoms with van der Waals surface area (Å²) in [6, 6.07) is 2.09. The molecule has 96 valence electrons. The predicted octanol–water partition coefficient (Wildman–Crippen LogP) is 3.11. The summed E-state index contributed by atoms with van der Waals surface area (Å²) in [6.45, 7) is 3.04. The number of terminal acetylenes is 1. The normalized spacial score (nSPS) is 14.4. The summed E-state index contributed by atoms with van der Waals surface area (Å²) in [6.07, 6.45) is 11.4. The number of carbonyl (C=O) groups is 1. The van der Waals surface area contributed by atoms with Crippen molar-refractivity contribution < 1.29 is 4.79 Å². The van der Waals surface area contributed by atoms with Gasteiger partial charge in [0.05, 0.1) is 11.4 Å². The molecule has 0 aliphatic heterocycles. The Kier molecular flexibility index (Phi) is 4.43. The first kappa shape index (κ1) is 13.2. The first-order valence-electron chi connectivity index (χ1n) is 6.60. The van der Waals surface area contributed by atoms with Gasteiger partial charge in [0.25, 0.3) is 5.91 Å². The molecule has 3 heteroatoms. The maximum absolute atomic E-state index is 12.3. The molecule has 2 nitrogen and oxygen atoms in total. The Morgan fingerprint density at radius 3 is 2.94 bits per heavy atom. The first-order chi connectivity index (χ1) is 8.76. The van der Waals surface area contributed by atoms with Gasteiger partial charge in [0.2, 0.25) is 0 Å². The smallest absolute Gasteiger partial charge is 0.264 e. The van der Waals surface area contributed by atoms with Crippen molar-refractivity contribution in [1.82, 2.24) is 4.90 Å². The molecule has 2 rings (SSSR count). The van der Waals surface area contributed by atoms with Gasteiger partial charge in [0.1, 0.15) is 0 Å². The molecule has 0 saturated carbocycles. The third-order valence-corrected chi connectivity index (χ3v) is 4.63. The van der Waals surface area contributed by atoms with Crippen molar-refractivity contribution in [2.45, 2.75) is 39.0 Å². The maximum atomic E-state index is 12.3. The minimum atomic E-state index is 0.0912. The average molecular weight is 261 g/mol. The fraction of sp³-hybridized carbons (Fsp3) is 0.533. The minimum Gasteiger partial charge on any atom is -0.327 e. The molecule has 1 aliphatic carbocycles. The molecule has 1 heterocycles. The Bertz CT molecular complexity index is 446. The highest BCUT2D eigenvalue weighted by atomic mass is 32.1. The zero-order chi connectivity index (χ0) is 13.0. The third kappa shape index (κ3) is 2.76. The molecule has 0 fully saturated rings. The number of nitrogens with zero attached hydrogens (tertiary/aromatic N) is 1. The summed E-state index contributed by atoms with van der Waals surface area (Å²) in [5.74, 6) is 2.64. The van der Waals surface area contributed by atoms with Gasteiger partial charge in [0.15, 0.2) is 0 Å². The van der Waals surface area contributed by atoms with E-state index in [0.29, 0.717) is 13.1 Å². The second-order valence-corrected chi connectivity index (χ2v) is 5.78. The summed E-state index contributed by atoms with van der Waals surface area (Å²) >= 11 is 1.67. The largest absolute Gasteiger partial charge is 0.327 e. The van der Waals surface area contributed by atoms with Gasteiger partial charge in [-0.3, -0.25) is 4.79 Å². The van der Waals surface area contributed by atoms with Crippen LogP contribution in [0.1, 0.15) is 46.3 Å². The molecule has 1 aromatic heterocycles. The number of thiophene rings is 1. The zero-order valence-corrected chi connectivity index (χ0v) is 11.7. The molecule has 0 unspecified atom stereocenters. The van der Waals surface area contributed by atoms with Crippen LogP contribution in [0.5, 0.6) is 0 Å². The van der Waals surface area contributed by atoms with Crippen molar-refractivity contribution in [3.05, 3.63) is 21.4 Å². The molecular weight excluding hydrogens is 242 g/mol. The van der Waals surface area contributed by atoms with E-state index >= 15 is 0 Å². The fourth-order valence-electron chi connectivity index (χ4n) is 2.37. The lowest BCUT2D eigenvalue weighted by atomic mass is 10.1. The van der Waals surface area contributed by atoms with E-state index in [1.807, 2.05) is 6.92 Å². The standard InChI is InChI=1S/C15H19NOS/c1-3-10-16(4-2)15(17)14-11-12-8-6-5-7-9-13(12)18-14/h1,11H,4-10H2,2H3. The highest BCUT2D eigenvalue weighted by molar-refractivity contribution is 7.14. The third-order valence-electron chi connectivity index (χ3n) is 3.41. The number of amides is 1. The number of hydrogen-bond acceptors (Lipinski definition) is 2. The van der Waals surface area contributed by atoms with Crippen molar-refractivity contribution in [2.75, 3.05) is 13.1 Å². The minimum absolute atomic E-state index is 0.0912. The number of carbonyl (C=O) groups excluding carboxylic acids is 1. The predicted molar refractivity (Wildman–Crippen MR) is 76.0 cm³/mol. The lowest BCUT2D eigenvalue weighted by molar-refractivity contribution is 0.0789. The van der Waals surface area contributed by atoms with Gasteiger partial charge in [-0.05, 0) is 44.2 Å². The SMILES string of the molecule is C#CCN(CC)C(=O)c1cc2c(s1)CCCCC2. The number of hydrogen-bond donors (Lipinski definition) is 0. The summed E-state index contributed by atoms with van der Waals surface area (Å²) in [5, 5.41) is 0. The second-order valence-electron chi connectivity index (χ2n) is 4.64. The lowest BCUT2D eigenvalue weighted by Crippen LogP contribution is -2.30. The first-order valence-corrected chi connectivity index (χ1v) is 7.42. The monoisotopic (exact) mass is 261 g/mol. The topological polar surface area (TPSA) is 20.3 Å². The van der Waals surface area contributed by atoms with Gasteiger partial charge in [-0.25, -0.2) is 0 Å². The van der Waals surface area contributed by atoms with Crippen LogP contribution in [-0.2, 0) is 12.8 Å². The molecule has 0 N–H and O–H groups in total. The van der Waals surface area contributed by atoms with E-state index in [-0.39, 0.29) is 5.91 Å². The van der Waals surface area contributed by atoms with Gasteiger partial charge in [0, 0.05) is 11.4 Å². The van der Waals surface area contributed by atoms with E-state index in [1.54, 1.807) is 16.2 Å². The molecule has 0 spiro atoms. The highest BCUT2D eigenvalue weighted by Crippen LogP contribution is 2.29. The molecule has 0 aromatic carbocycles. The van der Waals surface area contributed by atoms with Crippen molar-refractivity contribution >= 4 is 17.2 Å². The molecule has 1 aliphatic rings. The molecule has 0 bridgehead atoms. The van der Waals surface area contributed by atoms with Gasteiger partial charge in [-0.2, -0.15) is 0 Å². The van der Waals surface area contributed by atoms with Gasteiger partial charge >= 0.3 is 0 Å². The Labute approximate surface area is 113 Å².